The van der Waals surface area contributed by atoms with Crippen molar-refractivity contribution in [2.24, 2.45) is 11.5 Å². The molecule has 132 valence electrons. The van der Waals surface area contributed by atoms with Gasteiger partial charge < -0.3 is 30.9 Å². The summed E-state index contributed by atoms with van der Waals surface area (Å²) in [6.45, 7) is -0.567. The first-order chi connectivity index (χ1) is 9.86. The second-order valence-corrected chi connectivity index (χ2v) is 9.74. The molecule has 0 aromatic rings. The lowest BCUT2D eigenvalue weighted by Crippen LogP contribution is -2.33. The van der Waals surface area contributed by atoms with Crippen LogP contribution in [-0.2, 0) is 34.4 Å². The number of halogens is 1. The highest BCUT2D eigenvalue weighted by Crippen LogP contribution is 2.68. The van der Waals surface area contributed by atoms with E-state index in [0.29, 0.717) is 0 Å². The molecule has 13 nitrogen and oxygen atoms in total. The summed E-state index contributed by atoms with van der Waals surface area (Å²) in [6.07, 6.45) is -1.22. The Bertz CT molecular complexity index is 532. The molecule has 1 aliphatic rings. The fraction of sp³-hybridized carbons (Fsp3) is 1.00. The van der Waals surface area contributed by atoms with Crippen LogP contribution in [0.15, 0.2) is 0 Å². The van der Waals surface area contributed by atoms with E-state index in [-0.39, 0.29) is 6.42 Å². The Kier molecular flexibility index (Phi) is 7.60. The Balaban J connectivity index is 2.58. The van der Waals surface area contributed by atoms with Gasteiger partial charge in [-0.1, -0.05) is 0 Å². The van der Waals surface area contributed by atoms with E-state index in [0.717, 1.165) is 23.0 Å². The third-order valence-corrected chi connectivity index (χ3v) is 7.68. The van der Waals surface area contributed by atoms with E-state index >= 15 is 0 Å². The van der Waals surface area contributed by atoms with Gasteiger partial charge in [0.15, 0.2) is 0 Å². The molecule has 6 atom stereocenters. The minimum absolute atomic E-state index is 0.285. The van der Waals surface area contributed by atoms with Crippen molar-refractivity contribution in [1.82, 2.24) is 0 Å². The van der Waals surface area contributed by atoms with E-state index < -0.39 is 48.4 Å². The molecule has 7 N–H and O–H groups in total. The Morgan fingerprint density at radius 3 is 2.09 bits per heavy atom. The zero-order chi connectivity index (χ0) is 17.2. The zero-order valence-electron chi connectivity index (χ0n) is 10.6. The standard InChI is InChI=1S/C5H14IN2O11P3/c6-17-21(11,12)19-22(13,14)18-20(9,10)15-2-4-3(7)1-5(8)16-4/h3-5H,1-2,7-8H2,(H,9,10)(H,11,12)(H,13,14)/t3-,4-,5-/m1/s1. The minimum Gasteiger partial charge on any atom is -0.356 e. The van der Waals surface area contributed by atoms with Crippen LogP contribution in [0.3, 0.4) is 0 Å². The zero-order valence-corrected chi connectivity index (χ0v) is 15.5. The molecule has 0 aromatic carbocycles. The predicted octanol–water partition coefficient (Wildman–Crippen LogP) is 0.105. The summed E-state index contributed by atoms with van der Waals surface area (Å²) < 4.78 is 54.6. The van der Waals surface area contributed by atoms with Gasteiger partial charge in [0.1, 0.15) is 29.2 Å². The summed E-state index contributed by atoms with van der Waals surface area (Å²) in [6, 6.07) is -0.572. The molecule has 0 aromatic heterocycles. The number of hydrogen-bond donors (Lipinski definition) is 5. The van der Waals surface area contributed by atoms with Crippen LogP contribution < -0.4 is 11.5 Å². The fourth-order valence-corrected chi connectivity index (χ4v) is 5.19. The van der Waals surface area contributed by atoms with Crippen LogP contribution in [0, 0.1) is 0 Å². The van der Waals surface area contributed by atoms with Gasteiger partial charge in [-0.3, -0.25) is 4.52 Å². The van der Waals surface area contributed by atoms with Crippen LogP contribution in [0.4, 0.5) is 0 Å². The van der Waals surface area contributed by atoms with Gasteiger partial charge in [-0.25, -0.2) is 16.5 Å². The van der Waals surface area contributed by atoms with Crippen molar-refractivity contribution >= 4 is 46.5 Å². The summed E-state index contributed by atoms with van der Waals surface area (Å²) in [5.41, 5.74) is 11.1. The van der Waals surface area contributed by atoms with Crippen LogP contribution in [-0.4, -0.2) is 39.7 Å². The molecule has 0 saturated carbocycles. The van der Waals surface area contributed by atoms with Crippen molar-refractivity contribution in [3.05, 3.63) is 0 Å². The van der Waals surface area contributed by atoms with Crippen molar-refractivity contribution in [3.63, 3.8) is 0 Å². The van der Waals surface area contributed by atoms with E-state index in [2.05, 4.69) is 16.0 Å². The van der Waals surface area contributed by atoms with Gasteiger partial charge in [0, 0.05) is 12.5 Å². The lowest BCUT2D eigenvalue weighted by molar-refractivity contribution is 0.00988. The van der Waals surface area contributed by atoms with E-state index in [9.17, 15) is 18.6 Å². The quantitative estimate of drug-likeness (QED) is 0.223. The molecular weight excluding hydrogens is 484 g/mol. The first-order valence-corrected chi connectivity index (χ1v) is 10.7. The molecule has 1 rings (SSSR count). The Morgan fingerprint density at radius 2 is 1.64 bits per heavy atom. The third-order valence-electron chi connectivity index (χ3n) is 2.23. The minimum atomic E-state index is -5.42. The second-order valence-electron chi connectivity index (χ2n) is 4.05. The molecule has 0 bridgehead atoms. The van der Waals surface area contributed by atoms with Crippen LogP contribution in [0.5, 0.6) is 0 Å². The maximum Gasteiger partial charge on any atom is 0.490 e. The van der Waals surface area contributed by atoms with Crippen molar-refractivity contribution in [2.45, 2.75) is 24.8 Å². The summed E-state index contributed by atoms with van der Waals surface area (Å²) in [7, 11) is -15.5. The smallest absolute Gasteiger partial charge is 0.356 e. The maximum atomic E-state index is 11.5. The molecule has 1 heterocycles. The molecule has 0 amide bonds. The molecule has 3 unspecified atom stereocenters. The van der Waals surface area contributed by atoms with Gasteiger partial charge >= 0.3 is 23.5 Å². The van der Waals surface area contributed by atoms with Crippen molar-refractivity contribution in [2.75, 3.05) is 6.61 Å². The van der Waals surface area contributed by atoms with Gasteiger partial charge in [-0.15, -0.1) is 0 Å². The number of phosphoric ester groups is 1. The van der Waals surface area contributed by atoms with Crippen molar-refractivity contribution in [1.29, 1.82) is 0 Å². The predicted molar refractivity (Wildman–Crippen MR) is 78.1 cm³/mol. The van der Waals surface area contributed by atoms with Crippen LogP contribution in [0.25, 0.3) is 0 Å². The van der Waals surface area contributed by atoms with Gasteiger partial charge in [-0.2, -0.15) is 8.62 Å². The van der Waals surface area contributed by atoms with Crippen molar-refractivity contribution < 1.29 is 49.1 Å². The van der Waals surface area contributed by atoms with Crippen molar-refractivity contribution in [3.8, 4) is 0 Å². The lowest BCUT2D eigenvalue weighted by Gasteiger charge is -2.19. The number of phosphoric acid groups is 3. The first kappa shape index (κ1) is 21.1. The Hall–Kier alpha value is 1.02. The molecule has 0 radical (unpaired) electrons. The van der Waals surface area contributed by atoms with Crippen LogP contribution >= 0.6 is 46.5 Å². The van der Waals surface area contributed by atoms with Gasteiger partial charge in [0.2, 0.25) is 0 Å². The Morgan fingerprint density at radius 1 is 1.09 bits per heavy atom. The highest BCUT2D eigenvalue weighted by molar-refractivity contribution is 14.1. The van der Waals surface area contributed by atoms with Gasteiger partial charge in [0.25, 0.3) is 0 Å². The highest BCUT2D eigenvalue weighted by atomic mass is 127. The van der Waals surface area contributed by atoms with Crippen LogP contribution in [0.1, 0.15) is 6.42 Å². The largest absolute Gasteiger partial charge is 0.490 e. The average molecular weight is 498 g/mol. The van der Waals surface area contributed by atoms with E-state index in [1.807, 2.05) is 0 Å². The molecule has 22 heavy (non-hydrogen) atoms. The molecular formula is C5H14IN2O11P3. The molecule has 1 saturated heterocycles. The summed E-state index contributed by atoms with van der Waals surface area (Å²) >= 11 is 0.923. The lowest BCUT2D eigenvalue weighted by atomic mass is 10.1. The summed E-state index contributed by atoms with van der Waals surface area (Å²) in [5.74, 6) is 0. The molecule has 17 heteroatoms. The Labute approximate surface area is 138 Å². The van der Waals surface area contributed by atoms with Gasteiger partial charge in [0.05, 0.1) is 12.7 Å². The number of hydrogen-bond acceptors (Lipinski definition) is 10. The molecule has 0 spiro atoms. The molecule has 1 aliphatic heterocycles. The monoisotopic (exact) mass is 498 g/mol. The number of nitrogens with two attached hydrogens (primary N) is 2. The van der Waals surface area contributed by atoms with E-state index in [1.54, 1.807) is 0 Å². The number of rotatable bonds is 8. The second kappa shape index (κ2) is 7.93. The topological polar surface area (TPSA) is 210 Å². The van der Waals surface area contributed by atoms with E-state index in [1.165, 1.54) is 0 Å². The SMILES string of the molecule is N[C@@H]1C[C@H](N)O[C@@H]1COP(=O)(O)OP(=O)(O)OP(=O)(O)OI. The first-order valence-electron chi connectivity index (χ1n) is 5.38. The molecule has 1 fully saturated rings. The molecule has 0 aliphatic carbocycles. The number of ether oxygens (including phenoxy) is 1. The van der Waals surface area contributed by atoms with Crippen LogP contribution in [0.2, 0.25) is 0 Å². The maximum absolute atomic E-state index is 11.5. The van der Waals surface area contributed by atoms with Gasteiger partial charge in [-0.05, 0) is 0 Å². The normalized spacial score (nSPS) is 33.8. The fourth-order valence-electron chi connectivity index (χ4n) is 1.44. The van der Waals surface area contributed by atoms with E-state index in [4.69, 9.17) is 26.0 Å². The summed E-state index contributed by atoms with van der Waals surface area (Å²) in [4.78, 5) is 27.3. The highest BCUT2D eigenvalue weighted by Gasteiger charge is 2.43. The summed E-state index contributed by atoms with van der Waals surface area (Å²) in [5, 5.41) is 0. The average Bonchev–Trinajstić information content (AvgIpc) is 2.62. The third kappa shape index (κ3) is 7.28.